The Balaban J connectivity index is 1.62. The number of benzene rings is 1. The number of nitrogens with one attached hydrogen (secondary N) is 2. The van der Waals surface area contributed by atoms with E-state index in [1.54, 1.807) is 24.3 Å². The Bertz CT molecular complexity index is 554. The van der Waals surface area contributed by atoms with Crippen LogP contribution >= 0.6 is 0 Å². The van der Waals surface area contributed by atoms with Crippen molar-refractivity contribution in [2.75, 3.05) is 5.32 Å². The molecule has 2 aliphatic rings. The molecule has 0 aliphatic heterocycles. The van der Waals surface area contributed by atoms with Crippen molar-refractivity contribution in [2.45, 2.75) is 44.2 Å². The molecule has 1 aromatic rings. The van der Waals surface area contributed by atoms with Gasteiger partial charge in [0.2, 0.25) is 5.91 Å². The van der Waals surface area contributed by atoms with Crippen molar-refractivity contribution < 1.29 is 9.59 Å². The first-order chi connectivity index (χ1) is 10.1. The summed E-state index contributed by atoms with van der Waals surface area (Å²) in [5.74, 6) is -0.0804. The van der Waals surface area contributed by atoms with Gasteiger partial charge in [-0.2, -0.15) is 0 Å². The normalized spacial score (nSPS) is 24.6. The van der Waals surface area contributed by atoms with Gasteiger partial charge in [-0.15, -0.1) is 0 Å². The number of carbonyl (C=O) groups excluding carboxylic acids is 2. The van der Waals surface area contributed by atoms with Crippen molar-refractivity contribution >= 4 is 17.5 Å². The van der Waals surface area contributed by atoms with Gasteiger partial charge in [0.25, 0.3) is 5.91 Å². The van der Waals surface area contributed by atoms with Crippen LogP contribution in [0.25, 0.3) is 0 Å². The third-order valence-electron chi connectivity index (χ3n) is 4.15. The van der Waals surface area contributed by atoms with Crippen LogP contribution in [0.3, 0.4) is 0 Å². The lowest BCUT2D eigenvalue weighted by atomic mass is 10.1. The molecule has 2 atom stereocenters. The van der Waals surface area contributed by atoms with Gasteiger partial charge in [-0.1, -0.05) is 6.07 Å². The van der Waals surface area contributed by atoms with Crippen LogP contribution in [-0.4, -0.2) is 23.9 Å². The van der Waals surface area contributed by atoms with Crippen LogP contribution < -0.4 is 16.4 Å². The molecule has 0 heterocycles. The number of carbonyl (C=O) groups is 2. The smallest absolute Gasteiger partial charge is 0.251 e. The van der Waals surface area contributed by atoms with Gasteiger partial charge in [0.15, 0.2) is 0 Å². The number of hydrogen-bond donors (Lipinski definition) is 3. The Morgan fingerprint density at radius 1 is 1.14 bits per heavy atom. The highest BCUT2D eigenvalue weighted by molar-refractivity contribution is 5.98. The third-order valence-corrected chi connectivity index (χ3v) is 4.15. The zero-order valence-electron chi connectivity index (χ0n) is 12.0. The molecule has 4 N–H and O–H groups in total. The summed E-state index contributed by atoms with van der Waals surface area (Å²) in [6, 6.07) is 7.55. The van der Waals surface area contributed by atoms with E-state index in [1.165, 1.54) is 0 Å². The summed E-state index contributed by atoms with van der Waals surface area (Å²) in [6.45, 7) is 0. The van der Waals surface area contributed by atoms with Crippen molar-refractivity contribution in [3.63, 3.8) is 0 Å². The van der Waals surface area contributed by atoms with Crippen molar-refractivity contribution in [2.24, 2.45) is 11.7 Å². The van der Waals surface area contributed by atoms with E-state index >= 15 is 0 Å². The van der Waals surface area contributed by atoms with Crippen molar-refractivity contribution in [1.82, 2.24) is 5.32 Å². The van der Waals surface area contributed by atoms with Gasteiger partial charge < -0.3 is 16.4 Å². The highest BCUT2D eigenvalue weighted by atomic mass is 16.2. The summed E-state index contributed by atoms with van der Waals surface area (Å²) < 4.78 is 0. The lowest BCUT2D eigenvalue weighted by Gasteiger charge is -2.11. The fourth-order valence-electron chi connectivity index (χ4n) is 2.73. The van der Waals surface area contributed by atoms with Gasteiger partial charge >= 0.3 is 0 Å². The van der Waals surface area contributed by atoms with Crippen LogP contribution in [0.15, 0.2) is 24.3 Å². The van der Waals surface area contributed by atoms with Crippen LogP contribution in [0.1, 0.15) is 42.5 Å². The van der Waals surface area contributed by atoms with Crippen molar-refractivity contribution in [3.8, 4) is 0 Å². The minimum Gasteiger partial charge on any atom is -0.349 e. The summed E-state index contributed by atoms with van der Waals surface area (Å²) in [5, 5.41) is 5.84. The molecular formula is C16H21N3O2. The van der Waals surface area contributed by atoms with Crippen molar-refractivity contribution in [3.05, 3.63) is 29.8 Å². The largest absolute Gasteiger partial charge is 0.349 e. The molecule has 2 fully saturated rings. The SMILES string of the molecule is NC1CCC(C(=O)Nc2cccc(C(=O)NC3CC3)c2)C1. The fraction of sp³-hybridized carbons (Fsp3) is 0.500. The number of anilines is 1. The standard InChI is InChI=1S/C16H21N3O2/c17-12-5-4-11(8-12)16(21)19-14-3-1-2-10(9-14)15(20)18-13-6-7-13/h1-3,9,11-13H,4-8,17H2,(H,18,20)(H,19,21). The van der Waals surface area contributed by atoms with Gasteiger partial charge in [-0.25, -0.2) is 0 Å². The minimum atomic E-state index is -0.0727. The monoisotopic (exact) mass is 287 g/mol. The van der Waals surface area contributed by atoms with E-state index in [1.807, 2.05) is 0 Å². The minimum absolute atomic E-state index is 0.00250. The van der Waals surface area contributed by atoms with Crippen LogP contribution in [0.2, 0.25) is 0 Å². The van der Waals surface area contributed by atoms with E-state index in [0.717, 1.165) is 32.1 Å². The average molecular weight is 287 g/mol. The molecule has 2 saturated carbocycles. The Hall–Kier alpha value is -1.88. The van der Waals surface area contributed by atoms with Crippen LogP contribution in [0, 0.1) is 5.92 Å². The highest BCUT2D eigenvalue weighted by Crippen LogP contribution is 2.25. The molecule has 5 nitrogen and oxygen atoms in total. The molecule has 0 bridgehead atoms. The van der Waals surface area contributed by atoms with E-state index in [9.17, 15) is 9.59 Å². The molecule has 2 unspecified atom stereocenters. The predicted octanol–water partition coefficient (Wildman–Crippen LogP) is 1.64. The van der Waals surface area contributed by atoms with E-state index in [0.29, 0.717) is 17.3 Å². The first-order valence-electron chi connectivity index (χ1n) is 7.59. The van der Waals surface area contributed by atoms with Gasteiger partial charge in [0.1, 0.15) is 0 Å². The van der Waals surface area contributed by atoms with Gasteiger partial charge in [-0.05, 0) is 50.3 Å². The Morgan fingerprint density at radius 3 is 2.62 bits per heavy atom. The van der Waals surface area contributed by atoms with E-state index < -0.39 is 0 Å². The summed E-state index contributed by atoms with van der Waals surface area (Å²) in [7, 11) is 0. The van der Waals surface area contributed by atoms with E-state index in [4.69, 9.17) is 5.73 Å². The fourth-order valence-corrected chi connectivity index (χ4v) is 2.73. The first kappa shape index (κ1) is 14.1. The number of hydrogen-bond acceptors (Lipinski definition) is 3. The lowest BCUT2D eigenvalue weighted by molar-refractivity contribution is -0.119. The summed E-state index contributed by atoms with van der Waals surface area (Å²) in [6.07, 6.45) is 4.61. The molecule has 2 aliphatic carbocycles. The first-order valence-corrected chi connectivity index (χ1v) is 7.59. The molecular weight excluding hydrogens is 266 g/mol. The Labute approximate surface area is 124 Å². The quantitative estimate of drug-likeness (QED) is 0.787. The maximum absolute atomic E-state index is 12.2. The second-order valence-electron chi connectivity index (χ2n) is 6.09. The molecule has 1 aromatic carbocycles. The number of rotatable bonds is 4. The van der Waals surface area contributed by atoms with E-state index in [-0.39, 0.29) is 23.8 Å². The molecule has 2 amide bonds. The molecule has 3 rings (SSSR count). The maximum Gasteiger partial charge on any atom is 0.251 e. The summed E-state index contributed by atoms with van der Waals surface area (Å²) in [4.78, 5) is 24.2. The van der Waals surface area contributed by atoms with Gasteiger partial charge in [0, 0.05) is 29.3 Å². The Kier molecular flexibility index (Phi) is 3.92. The lowest BCUT2D eigenvalue weighted by Crippen LogP contribution is -2.26. The third kappa shape index (κ3) is 3.61. The van der Waals surface area contributed by atoms with Crippen LogP contribution in [0.5, 0.6) is 0 Å². The molecule has 0 saturated heterocycles. The molecule has 0 spiro atoms. The predicted molar refractivity (Wildman–Crippen MR) is 80.9 cm³/mol. The zero-order valence-corrected chi connectivity index (χ0v) is 12.0. The molecule has 0 radical (unpaired) electrons. The Morgan fingerprint density at radius 2 is 1.95 bits per heavy atom. The van der Waals surface area contributed by atoms with Crippen LogP contribution in [-0.2, 0) is 4.79 Å². The maximum atomic E-state index is 12.2. The topological polar surface area (TPSA) is 84.2 Å². The molecule has 112 valence electrons. The van der Waals surface area contributed by atoms with Gasteiger partial charge in [0.05, 0.1) is 0 Å². The second kappa shape index (κ2) is 5.85. The number of amides is 2. The molecule has 5 heteroatoms. The molecule has 0 aromatic heterocycles. The summed E-state index contributed by atoms with van der Waals surface area (Å²) >= 11 is 0. The van der Waals surface area contributed by atoms with Crippen molar-refractivity contribution in [1.29, 1.82) is 0 Å². The zero-order chi connectivity index (χ0) is 14.8. The second-order valence-corrected chi connectivity index (χ2v) is 6.09. The average Bonchev–Trinajstić information content (AvgIpc) is 3.17. The highest BCUT2D eigenvalue weighted by Gasteiger charge is 2.28. The van der Waals surface area contributed by atoms with Crippen LogP contribution in [0.4, 0.5) is 5.69 Å². The van der Waals surface area contributed by atoms with E-state index in [2.05, 4.69) is 10.6 Å². The number of nitrogens with two attached hydrogens (primary N) is 1. The molecule has 21 heavy (non-hydrogen) atoms. The van der Waals surface area contributed by atoms with Gasteiger partial charge in [-0.3, -0.25) is 9.59 Å². The summed E-state index contributed by atoms with van der Waals surface area (Å²) in [5.41, 5.74) is 7.10.